The number of rotatable bonds is 7. The van der Waals surface area contributed by atoms with Gasteiger partial charge >= 0.3 is 5.97 Å². The molecule has 0 radical (unpaired) electrons. The van der Waals surface area contributed by atoms with E-state index < -0.39 is 18.4 Å². The molecule has 2 aromatic carbocycles. The molecule has 1 heterocycles. The van der Waals surface area contributed by atoms with Crippen molar-refractivity contribution >= 4 is 45.9 Å². The van der Waals surface area contributed by atoms with Crippen molar-refractivity contribution in [2.75, 3.05) is 6.61 Å². The molecule has 0 atom stereocenters. The number of fused-ring (bicyclic) bond motifs is 1. The van der Waals surface area contributed by atoms with Gasteiger partial charge in [0.1, 0.15) is 5.82 Å². The summed E-state index contributed by atoms with van der Waals surface area (Å²) in [5.41, 5.74) is 0.766. The van der Waals surface area contributed by atoms with Gasteiger partial charge in [-0.2, -0.15) is 0 Å². The van der Waals surface area contributed by atoms with E-state index >= 15 is 0 Å². The molecule has 1 aromatic heterocycles. The monoisotopic (exact) mass is 444 g/mol. The molecule has 0 unspecified atom stereocenters. The lowest BCUT2D eigenvalue weighted by Crippen LogP contribution is -2.25. The Morgan fingerprint density at radius 1 is 1.13 bits per heavy atom. The number of ketones is 1. The summed E-state index contributed by atoms with van der Waals surface area (Å²) in [6.45, 7) is -0.416. The van der Waals surface area contributed by atoms with Gasteiger partial charge in [-0.15, -0.1) is 0 Å². The van der Waals surface area contributed by atoms with Crippen molar-refractivity contribution in [3.05, 3.63) is 74.3 Å². The fraction of sp³-hybridized carbons (Fsp3) is 0.273. The first kappa shape index (κ1) is 20.6. The van der Waals surface area contributed by atoms with E-state index in [-0.39, 0.29) is 35.0 Å². The van der Waals surface area contributed by atoms with E-state index in [4.69, 9.17) is 27.9 Å². The molecule has 4 rings (SSSR count). The number of carbonyl (C=O) groups excluding carboxylic acids is 2. The lowest BCUT2D eigenvalue weighted by Gasteiger charge is -2.12. The molecule has 154 valence electrons. The summed E-state index contributed by atoms with van der Waals surface area (Å²) in [6.07, 6.45) is 2.12. The number of halogens is 2. The van der Waals surface area contributed by atoms with Gasteiger partial charge in [0.25, 0.3) is 5.56 Å². The van der Waals surface area contributed by atoms with Gasteiger partial charge in [0, 0.05) is 23.0 Å². The fourth-order valence-electron chi connectivity index (χ4n) is 3.30. The average molecular weight is 445 g/mol. The minimum absolute atomic E-state index is 0.0130. The van der Waals surface area contributed by atoms with Crippen LogP contribution in [0, 0.1) is 0 Å². The van der Waals surface area contributed by atoms with Crippen LogP contribution < -0.4 is 5.56 Å². The molecule has 0 spiro atoms. The second-order valence-corrected chi connectivity index (χ2v) is 8.00. The zero-order valence-corrected chi connectivity index (χ0v) is 17.4. The van der Waals surface area contributed by atoms with Gasteiger partial charge in [-0.1, -0.05) is 35.3 Å². The molecule has 1 saturated carbocycles. The average Bonchev–Trinajstić information content (AvgIpc) is 3.55. The second-order valence-electron chi connectivity index (χ2n) is 7.16. The molecule has 1 aliphatic rings. The minimum atomic E-state index is -0.543. The smallest absolute Gasteiger partial charge is 0.306 e. The van der Waals surface area contributed by atoms with Gasteiger partial charge in [-0.3, -0.25) is 19.0 Å². The van der Waals surface area contributed by atoms with Crippen molar-refractivity contribution < 1.29 is 14.3 Å². The molecule has 0 saturated heterocycles. The molecule has 1 aliphatic carbocycles. The number of para-hydroxylation sites is 1. The van der Waals surface area contributed by atoms with E-state index in [2.05, 4.69) is 4.98 Å². The van der Waals surface area contributed by atoms with E-state index in [1.165, 1.54) is 12.1 Å². The first-order chi connectivity index (χ1) is 14.4. The first-order valence-electron chi connectivity index (χ1n) is 9.58. The van der Waals surface area contributed by atoms with E-state index in [0.29, 0.717) is 21.7 Å². The van der Waals surface area contributed by atoms with Crippen LogP contribution in [0.1, 0.15) is 41.5 Å². The normalized spacial score (nSPS) is 13.4. The summed E-state index contributed by atoms with van der Waals surface area (Å²) in [6, 6.07) is 11.8. The first-order valence-corrected chi connectivity index (χ1v) is 10.3. The lowest BCUT2D eigenvalue weighted by molar-refractivity contribution is -0.142. The molecule has 8 heteroatoms. The van der Waals surface area contributed by atoms with Gasteiger partial charge in [0.15, 0.2) is 6.61 Å². The summed E-state index contributed by atoms with van der Waals surface area (Å²) in [4.78, 5) is 41.9. The number of aromatic nitrogens is 2. The summed E-state index contributed by atoms with van der Waals surface area (Å²) in [5.74, 6) is -0.396. The highest BCUT2D eigenvalue weighted by Gasteiger charge is 2.28. The molecule has 6 nitrogen and oxygen atoms in total. The number of nitrogens with zero attached hydrogens (tertiary/aromatic N) is 2. The van der Waals surface area contributed by atoms with Crippen LogP contribution in [-0.4, -0.2) is 27.9 Å². The maximum Gasteiger partial charge on any atom is 0.306 e. The number of Topliss-reactive ketones (excluding diaryl/α,β-unsaturated/α-hetero) is 1. The number of carbonyl (C=O) groups is 2. The molecule has 0 amide bonds. The van der Waals surface area contributed by atoms with E-state index in [9.17, 15) is 14.4 Å². The third-order valence-electron chi connectivity index (χ3n) is 4.94. The number of benzene rings is 2. The number of aryl methyl sites for hydroxylation is 1. The zero-order chi connectivity index (χ0) is 21.3. The molecule has 0 aliphatic heterocycles. The topological polar surface area (TPSA) is 78.3 Å². The van der Waals surface area contributed by atoms with Crippen LogP contribution in [0.3, 0.4) is 0 Å². The Morgan fingerprint density at radius 3 is 2.63 bits per heavy atom. The maximum atomic E-state index is 12.8. The van der Waals surface area contributed by atoms with Crippen LogP contribution in [0.5, 0.6) is 0 Å². The Kier molecular flexibility index (Phi) is 5.88. The van der Waals surface area contributed by atoms with Crippen molar-refractivity contribution in [1.29, 1.82) is 0 Å². The highest BCUT2D eigenvalue weighted by molar-refractivity contribution is 6.36. The Hall–Kier alpha value is -2.70. The Morgan fingerprint density at radius 2 is 1.90 bits per heavy atom. The van der Waals surface area contributed by atoms with Crippen LogP contribution in [0.2, 0.25) is 10.0 Å². The standard InChI is InChI=1S/C22H18Cl2N2O4/c23-13-5-8-15(17(24)11-13)19(27)12-30-21(28)10-9-20-25-18-4-2-1-3-16(18)22(29)26(20)14-6-7-14/h1-5,8,11,14H,6-7,9-10,12H2. The summed E-state index contributed by atoms with van der Waals surface area (Å²) < 4.78 is 6.79. The molecule has 3 aromatic rings. The Balaban J connectivity index is 1.43. The van der Waals surface area contributed by atoms with Crippen LogP contribution in [0.25, 0.3) is 10.9 Å². The van der Waals surface area contributed by atoms with Crippen molar-refractivity contribution in [3.8, 4) is 0 Å². The number of hydrogen-bond acceptors (Lipinski definition) is 5. The third kappa shape index (κ3) is 4.40. The number of esters is 1. The molecule has 30 heavy (non-hydrogen) atoms. The minimum Gasteiger partial charge on any atom is -0.457 e. The molecule has 0 bridgehead atoms. The van der Waals surface area contributed by atoms with Gasteiger partial charge in [0.05, 0.1) is 22.3 Å². The zero-order valence-electron chi connectivity index (χ0n) is 15.9. The van der Waals surface area contributed by atoms with E-state index in [1.807, 2.05) is 12.1 Å². The molecule has 1 fully saturated rings. The predicted octanol–water partition coefficient (Wildman–Crippen LogP) is 4.40. The predicted molar refractivity (Wildman–Crippen MR) is 114 cm³/mol. The van der Waals surface area contributed by atoms with Crippen LogP contribution in [0.15, 0.2) is 47.3 Å². The summed E-state index contributed by atoms with van der Waals surface area (Å²) >= 11 is 11.8. The van der Waals surface area contributed by atoms with Crippen LogP contribution in [-0.2, 0) is 16.0 Å². The highest BCUT2D eigenvalue weighted by atomic mass is 35.5. The molecular weight excluding hydrogens is 427 g/mol. The lowest BCUT2D eigenvalue weighted by atomic mass is 10.1. The third-order valence-corrected chi connectivity index (χ3v) is 5.49. The largest absolute Gasteiger partial charge is 0.457 e. The summed E-state index contributed by atoms with van der Waals surface area (Å²) in [5, 5.41) is 1.19. The van der Waals surface area contributed by atoms with Crippen molar-refractivity contribution in [3.63, 3.8) is 0 Å². The van der Waals surface area contributed by atoms with Gasteiger partial charge < -0.3 is 4.74 Å². The maximum absolute atomic E-state index is 12.8. The van der Waals surface area contributed by atoms with Crippen LogP contribution >= 0.6 is 23.2 Å². The number of hydrogen-bond donors (Lipinski definition) is 0. The van der Waals surface area contributed by atoms with Crippen molar-refractivity contribution in [2.24, 2.45) is 0 Å². The van der Waals surface area contributed by atoms with Gasteiger partial charge in [0.2, 0.25) is 5.78 Å². The highest BCUT2D eigenvalue weighted by Crippen LogP contribution is 2.35. The Labute approximate surface area is 182 Å². The van der Waals surface area contributed by atoms with Crippen molar-refractivity contribution in [1.82, 2.24) is 9.55 Å². The van der Waals surface area contributed by atoms with Crippen molar-refractivity contribution in [2.45, 2.75) is 31.7 Å². The molecular formula is C22H18Cl2N2O4. The van der Waals surface area contributed by atoms with E-state index in [0.717, 1.165) is 12.8 Å². The van der Waals surface area contributed by atoms with E-state index in [1.54, 1.807) is 22.8 Å². The quantitative estimate of drug-likeness (QED) is 0.398. The number of ether oxygens (including phenoxy) is 1. The Bertz CT molecular complexity index is 1200. The summed E-state index contributed by atoms with van der Waals surface area (Å²) in [7, 11) is 0. The SMILES string of the molecule is O=C(CCc1nc2ccccc2c(=O)n1C1CC1)OCC(=O)c1ccc(Cl)cc1Cl. The van der Waals surface area contributed by atoms with Crippen LogP contribution in [0.4, 0.5) is 0 Å². The fourth-order valence-corrected chi connectivity index (χ4v) is 3.82. The molecule has 0 N–H and O–H groups in total. The van der Waals surface area contributed by atoms with Gasteiger partial charge in [-0.05, 0) is 43.2 Å². The second kappa shape index (κ2) is 8.58. The van der Waals surface area contributed by atoms with Gasteiger partial charge in [-0.25, -0.2) is 4.98 Å².